The SMILES string of the molecule is NCCC(=O)C(C(=O)CCO)(c1ccccc1)N(N)N. The average Bonchev–Trinajstić information content (AvgIpc) is 2.41. The summed E-state index contributed by atoms with van der Waals surface area (Å²) in [6.45, 7) is -0.315. The molecule has 0 radical (unpaired) electrons. The van der Waals surface area contributed by atoms with Crippen molar-refractivity contribution in [3.63, 3.8) is 0 Å². The number of hydrogen-bond acceptors (Lipinski definition) is 7. The van der Waals surface area contributed by atoms with Crippen molar-refractivity contribution < 1.29 is 14.7 Å². The molecule has 0 aromatic heterocycles. The molecule has 7 heteroatoms. The van der Waals surface area contributed by atoms with E-state index in [-0.39, 0.29) is 19.4 Å². The molecule has 0 amide bonds. The van der Waals surface area contributed by atoms with E-state index in [1.54, 1.807) is 30.3 Å². The predicted molar refractivity (Wildman–Crippen MR) is 73.7 cm³/mol. The van der Waals surface area contributed by atoms with Gasteiger partial charge in [0.2, 0.25) is 0 Å². The highest BCUT2D eigenvalue weighted by Crippen LogP contribution is 2.29. The third kappa shape index (κ3) is 2.92. The molecular formula is C13H20N4O3. The van der Waals surface area contributed by atoms with Gasteiger partial charge in [0.1, 0.15) is 0 Å². The van der Waals surface area contributed by atoms with E-state index in [1.165, 1.54) is 0 Å². The maximum atomic E-state index is 12.4. The average molecular weight is 280 g/mol. The number of benzene rings is 1. The van der Waals surface area contributed by atoms with Crippen LogP contribution in [0.3, 0.4) is 0 Å². The van der Waals surface area contributed by atoms with Crippen LogP contribution in [0.5, 0.6) is 0 Å². The summed E-state index contributed by atoms with van der Waals surface area (Å²) in [7, 11) is 0. The van der Waals surface area contributed by atoms with Crippen LogP contribution >= 0.6 is 0 Å². The van der Waals surface area contributed by atoms with Gasteiger partial charge in [0.15, 0.2) is 17.1 Å². The molecule has 20 heavy (non-hydrogen) atoms. The van der Waals surface area contributed by atoms with Crippen LogP contribution in [0.2, 0.25) is 0 Å². The first-order valence-electron chi connectivity index (χ1n) is 6.24. The van der Waals surface area contributed by atoms with Crippen molar-refractivity contribution in [1.82, 2.24) is 5.12 Å². The van der Waals surface area contributed by atoms with Crippen LogP contribution in [0.25, 0.3) is 0 Å². The topological polar surface area (TPSA) is 136 Å². The Morgan fingerprint density at radius 2 is 1.65 bits per heavy atom. The summed E-state index contributed by atoms with van der Waals surface area (Å²) < 4.78 is 0. The van der Waals surface area contributed by atoms with Crippen LogP contribution < -0.4 is 17.4 Å². The van der Waals surface area contributed by atoms with E-state index in [0.29, 0.717) is 10.7 Å². The van der Waals surface area contributed by atoms with Crippen molar-refractivity contribution >= 4 is 11.6 Å². The lowest BCUT2D eigenvalue weighted by Crippen LogP contribution is -2.63. The van der Waals surface area contributed by atoms with Gasteiger partial charge in [-0.2, -0.15) is 5.12 Å². The largest absolute Gasteiger partial charge is 0.396 e. The molecule has 0 spiro atoms. The zero-order chi connectivity index (χ0) is 15.2. The molecule has 1 aromatic carbocycles. The van der Waals surface area contributed by atoms with Crippen molar-refractivity contribution in [1.29, 1.82) is 0 Å². The molecule has 110 valence electrons. The minimum absolute atomic E-state index is 0.0447. The number of rotatable bonds is 8. The van der Waals surface area contributed by atoms with Gasteiger partial charge in [-0.1, -0.05) is 30.3 Å². The lowest BCUT2D eigenvalue weighted by molar-refractivity contribution is -0.146. The van der Waals surface area contributed by atoms with Crippen LogP contribution in [-0.4, -0.2) is 34.9 Å². The third-order valence-corrected chi connectivity index (χ3v) is 3.10. The number of aliphatic hydroxyl groups excluding tert-OH is 1. The van der Waals surface area contributed by atoms with Gasteiger partial charge in [-0.3, -0.25) is 21.3 Å². The van der Waals surface area contributed by atoms with Gasteiger partial charge in [-0.25, -0.2) is 0 Å². The van der Waals surface area contributed by atoms with E-state index in [4.69, 9.17) is 22.5 Å². The smallest absolute Gasteiger partial charge is 0.191 e. The highest BCUT2D eigenvalue weighted by Gasteiger charge is 2.49. The van der Waals surface area contributed by atoms with E-state index in [1.807, 2.05) is 0 Å². The Balaban J connectivity index is 3.42. The second kappa shape index (κ2) is 7.22. The summed E-state index contributed by atoms with van der Waals surface area (Å²) in [4.78, 5) is 24.8. The van der Waals surface area contributed by atoms with Gasteiger partial charge >= 0.3 is 0 Å². The molecule has 0 bridgehead atoms. The summed E-state index contributed by atoms with van der Waals surface area (Å²) in [6, 6.07) is 8.29. The van der Waals surface area contributed by atoms with Gasteiger partial charge in [-0.05, 0) is 12.1 Å². The monoisotopic (exact) mass is 280 g/mol. The molecule has 1 rings (SSSR count). The number of hydrazine groups is 2. The van der Waals surface area contributed by atoms with E-state index < -0.39 is 23.7 Å². The second-order valence-corrected chi connectivity index (χ2v) is 4.34. The third-order valence-electron chi connectivity index (χ3n) is 3.10. The summed E-state index contributed by atoms with van der Waals surface area (Å²) in [5.74, 6) is 10.2. The van der Waals surface area contributed by atoms with E-state index in [0.717, 1.165) is 0 Å². The van der Waals surface area contributed by atoms with Gasteiger partial charge in [0, 0.05) is 12.8 Å². The van der Waals surface area contributed by atoms with Crippen LogP contribution in [0.15, 0.2) is 30.3 Å². The van der Waals surface area contributed by atoms with E-state index in [9.17, 15) is 9.59 Å². The summed E-state index contributed by atoms with van der Waals surface area (Å²) >= 11 is 0. The number of aliphatic hydroxyl groups is 1. The summed E-state index contributed by atoms with van der Waals surface area (Å²) in [5.41, 5.74) is 3.94. The first-order valence-corrected chi connectivity index (χ1v) is 6.24. The number of nitrogens with two attached hydrogens (primary N) is 3. The molecule has 1 aromatic rings. The zero-order valence-electron chi connectivity index (χ0n) is 11.2. The number of hydrogen-bond donors (Lipinski definition) is 4. The lowest BCUT2D eigenvalue weighted by atomic mass is 9.79. The first kappa shape index (κ1) is 16.4. The van der Waals surface area contributed by atoms with Crippen molar-refractivity contribution in [2.24, 2.45) is 17.4 Å². The molecule has 0 heterocycles. The zero-order valence-corrected chi connectivity index (χ0v) is 11.2. The lowest BCUT2D eigenvalue weighted by Gasteiger charge is -2.36. The Kier molecular flexibility index (Phi) is 5.93. The second-order valence-electron chi connectivity index (χ2n) is 4.34. The van der Waals surface area contributed by atoms with E-state index >= 15 is 0 Å². The molecule has 0 saturated carbocycles. The molecule has 7 nitrogen and oxygen atoms in total. The van der Waals surface area contributed by atoms with Crippen molar-refractivity contribution in [2.75, 3.05) is 13.2 Å². The summed E-state index contributed by atoms with van der Waals surface area (Å²) in [6.07, 6.45) is -0.271. The van der Waals surface area contributed by atoms with Crippen molar-refractivity contribution in [2.45, 2.75) is 18.4 Å². The normalized spacial score (nSPS) is 14.1. The maximum absolute atomic E-state index is 12.4. The minimum atomic E-state index is -1.82. The Bertz CT molecular complexity index is 444. The predicted octanol–water partition coefficient (Wildman–Crippen LogP) is -1.20. The number of nitrogens with zero attached hydrogens (tertiary/aromatic N) is 1. The molecular weight excluding hydrogens is 260 g/mol. The maximum Gasteiger partial charge on any atom is 0.191 e. The number of ketones is 2. The Hall–Kier alpha value is -1.64. The molecule has 0 saturated heterocycles. The Morgan fingerprint density at radius 3 is 2.10 bits per heavy atom. The van der Waals surface area contributed by atoms with Gasteiger partial charge < -0.3 is 10.8 Å². The highest BCUT2D eigenvalue weighted by atomic mass is 16.3. The van der Waals surface area contributed by atoms with Gasteiger partial charge in [0.05, 0.1) is 6.61 Å². The molecule has 7 N–H and O–H groups in total. The van der Waals surface area contributed by atoms with Crippen LogP contribution in [-0.2, 0) is 15.1 Å². The first-order chi connectivity index (χ1) is 9.51. The standard InChI is InChI=1S/C13H20N4O3/c14-8-6-11(19)13(17(15)16,12(20)7-9-18)10-4-2-1-3-5-10/h1-5,18H,6-9,14-16H2. The molecule has 0 aliphatic rings. The number of Topliss-reactive ketones (excluding diaryl/α,β-unsaturated/α-hetero) is 2. The highest BCUT2D eigenvalue weighted by molar-refractivity contribution is 6.12. The minimum Gasteiger partial charge on any atom is -0.396 e. The van der Waals surface area contributed by atoms with Crippen LogP contribution in [0.1, 0.15) is 18.4 Å². The van der Waals surface area contributed by atoms with Gasteiger partial charge in [0.25, 0.3) is 0 Å². The molecule has 0 fully saturated rings. The molecule has 0 aliphatic heterocycles. The van der Waals surface area contributed by atoms with Crippen LogP contribution in [0.4, 0.5) is 0 Å². The number of carbonyl (C=O) groups is 2. The number of carbonyl (C=O) groups excluding carboxylic acids is 2. The van der Waals surface area contributed by atoms with Crippen LogP contribution in [0, 0.1) is 0 Å². The Morgan fingerprint density at radius 1 is 1.10 bits per heavy atom. The van der Waals surface area contributed by atoms with Gasteiger partial charge in [-0.15, -0.1) is 0 Å². The summed E-state index contributed by atoms with van der Waals surface area (Å²) in [5, 5.41) is 9.59. The fourth-order valence-electron chi connectivity index (χ4n) is 2.19. The fraction of sp³-hybridized carbons (Fsp3) is 0.385. The molecule has 0 aliphatic carbocycles. The van der Waals surface area contributed by atoms with Crippen molar-refractivity contribution in [3.05, 3.63) is 35.9 Å². The molecule has 1 atom stereocenters. The fourth-order valence-corrected chi connectivity index (χ4v) is 2.19. The quantitative estimate of drug-likeness (QED) is 0.267. The van der Waals surface area contributed by atoms with Crippen molar-refractivity contribution in [3.8, 4) is 0 Å². The van der Waals surface area contributed by atoms with E-state index in [2.05, 4.69) is 0 Å². The Labute approximate surface area is 117 Å². The molecule has 1 unspecified atom stereocenters.